The number of amides is 1. The molecule has 1 N–H and O–H groups in total. The lowest BCUT2D eigenvalue weighted by Crippen LogP contribution is -2.59. The number of carbonyl (C=O) groups excluding carboxylic acids is 1. The topological polar surface area (TPSA) is 71.0 Å². The van der Waals surface area contributed by atoms with Crippen molar-refractivity contribution >= 4 is 11.7 Å². The lowest BCUT2D eigenvalue weighted by atomic mass is 9.76. The van der Waals surface area contributed by atoms with E-state index in [1.165, 1.54) is 30.6 Å². The highest BCUT2D eigenvalue weighted by Gasteiger charge is 2.44. The van der Waals surface area contributed by atoms with Crippen LogP contribution in [0.25, 0.3) is 11.4 Å². The van der Waals surface area contributed by atoms with E-state index in [1.54, 1.807) is 17.0 Å². The Morgan fingerprint density at radius 1 is 1.03 bits per heavy atom. The molecule has 3 fully saturated rings. The minimum Gasteiger partial charge on any atom is -0.365 e. The molecule has 6 nitrogen and oxygen atoms in total. The standard InChI is InChI=1S/C24H21F4N5O/c25-17-4-1-3-16(21(17)22-29-9-2-10-30-22)23(34)33-13-14-5-7-19(33)18(11-14)32-20-8-6-15(12-31-20)24(26,27)28/h1-4,6,8-10,12,14,18-19H,5,7,11,13H2,(H,31,32)/t14-,18+,19-/m0/s1. The minimum atomic E-state index is -4.45. The fourth-order valence-electron chi connectivity index (χ4n) is 4.93. The number of hydrogen-bond donors (Lipinski definition) is 1. The lowest BCUT2D eigenvalue weighted by molar-refractivity contribution is -0.137. The molecule has 10 heteroatoms. The van der Waals surface area contributed by atoms with E-state index in [0.717, 1.165) is 31.5 Å². The van der Waals surface area contributed by atoms with E-state index in [2.05, 4.69) is 20.3 Å². The van der Waals surface area contributed by atoms with Crippen molar-refractivity contribution in [3.63, 3.8) is 0 Å². The van der Waals surface area contributed by atoms with Gasteiger partial charge in [0.15, 0.2) is 5.82 Å². The van der Waals surface area contributed by atoms with Crippen molar-refractivity contribution < 1.29 is 22.4 Å². The molecule has 34 heavy (non-hydrogen) atoms. The molecule has 2 saturated heterocycles. The first-order valence-corrected chi connectivity index (χ1v) is 11.0. The summed E-state index contributed by atoms with van der Waals surface area (Å²) >= 11 is 0. The monoisotopic (exact) mass is 471 g/mol. The van der Waals surface area contributed by atoms with Gasteiger partial charge in [-0.1, -0.05) is 6.07 Å². The summed E-state index contributed by atoms with van der Waals surface area (Å²) in [5.74, 6) is -0.214. The zero-order valence-corrected chi connectivity index (χ0v) is 18.0. The number of piperidine rings is 2. The van der Waals surface area contributed by atoms with Gasteiger partial charge in [0, 0.05) is 31.2 Å². The Morgan fingerprint density at radius 2 is 1.82 bits per heavy atom. The third-order valence-electron chi connectivity index (χ3n) is 6.50. The molecule has 1 aliphatic carbocycles. The van der Waals surface area contributed by atoms with Crippen molar-refractivity contribution in [2.24, 2.45) is 5.92 Å². The van der Waals surface area contributed by atoms with E-state index < -0.39 is 17.6 Å². The summed E-state index contributed by atoms with van der Waals surface area (Å²) in [6.07, 6.45) is 1.78. The predicted octanol–water partition coefficient (Wildman–Crippen LogP) is 4.80. The van der Waals surface area contributed by atoms with Gasteiger partial charge in [-0.2, -0.15) is 13.2 Å². The number of carbonyl (C=O) groups is 1. The predicted molar refractivity (Wildman–Crippen MR) is 116 cm³/mol. The van der Waals surface area contributed by atoms with Gasteiger partial charge in [0.25, 0.3) is 5.91 Å². The summed E-state index contributed by atoms with van der Waals surface area (Å²) in [6, 6.07) is 7.84. The molecule has 2 bridgehead atoms. The second kappa shape index (κ2) is 8.66. The second-order valence-corrected chi connectivity index (χ2v) is 8.62. The number of nitrogens with one attached hydrogen (secondary N) is 1. The molecule has 6 rings (SSSR count). The summed E-state index contributed by atoms with van der Waals surface area (Å²) in [5.41, 5.74) is -0.574. The fraction of sp³-hybridized carbons (Fsp3) is 0.333. The summed E-state index contributed by atoms with van der Waals surface area (Å²) in [4.78, 5) is 27.5. The number of halogens is 4. The maximum absolute atomic E-state index is 14.8. The molecule has 0 radical (unpaired) electrons. The summed E-state index contributed by atoms with van der Waals surface area (Å²) in [6.45, 7) is 0.535. The highest BCUT2D eigenvalue weighted by atomic mass is 19.4. The molecular formula is C24H21F4N5O. The van der Waals surface area contributed by atoms with Crippen LogP contribution in [0.2, 0.25) is 0 Å². The van der Waals surface area contributed by atoms with Crippen LogP contribution in [0.3, 0.4) is 0 Å². The van der Waals surface area contributed by atoms with Gasteiger partial charge in [0.2, 0.25) is 0 Å². The molecule has 0 unspecified atom stereocenters. The van der Waals surface area contributed by atoms with Crippen LogP contribution >= 0.6 is 0 Å². The average molecular weight is 471 g/mol. The normalized spacial score (nSPS) is 22.0. The highest BCUT2D eigenvalue weighted by Crippen LogP contribution is 2.38. The van der Waals surface area contributed by atoms with Crippen LogP contribution in [0.4, 0.5) is 23.4 Å². The highest BCUT2D eigenvalue weighted by molar-refractivity contribution is 6.00. The van der Waals surface area contributed by atoms with E-state index in [0.29, 0.717) is 12.4 Å². The van der Waals surface area contributed by atoms with E-state index in [1.807, 2.05) is 0 Å². The van der Waals surface area contributed by atoms with Crippen molar-refractivity contribution in [1.82, 2.24) is 19.9 Å². The Bertz CT molecular complexity index is 1190. The number of hydrogen-bond acceptors (Lipinski definition) is 5. The average Bonchev–Trinajstić information content (AvgIpc) is 2.84. The SMILES string of the molecule is O=C(c1cccc(F)c1-c1ncccn1)N1C[C@H]2CC[C@H]1[C@H](Nc1ccc(C(F)(F)F)cn1)C2. The van der Waals surface area contributed by atoms with E-state index in [9.17, 15) is 22.4 Å². The first-order chi connectivity index (χ1) is 16.3. The molecule has 2 aromatic heterocycles. The first-order valence-electron chi connectivity index (χ1n) is 11.0. The Hall–Kier alpha value is -3.56. The summed E-state index contributed by atoms with van der Waals surface area (Å²) in [7, 11) is 0. The Balaban J connectivity index is 1.40. The maximum Gasteiger partial charge on any atom is 0.417 e. The molecule has 1 saturated carbocycles. The number of fused-ring (bicyclic) bond motifs is 3. The van der Waals surface area contributed by atoms with Crippen LogP contribution in [0.1, 0.15) is 35.2 Å². The van der Waals surface area contributed by atoms with Crippen molar-refractivity contribution in [1.29, 1.82) is 0 Å². The van der Waals surface area contributed by atoms with Crippen LogP contribution < -0.4 is 5.32 Å². The maximum atomic E-state index is 14.8. The number of benzene rings is 1. The number of pyridine rings is 1. The zero-order chi connectivity index (χ0) is 23.9. The quantitative estimate of drug-likeness (QED) is 0.554. The Kier molecular flexibility index (Phi) is 5.66. The van der Waals surface area contributed by atoms with Gasteiger partial charge < -0.3 is 10.2 Å². The van der Waals surface area contributed by atoms with Crippen LogP contribution in [-0.2, 0) is 6.18 Å². The molecule has 1 amide bonds. The second-order valence-electron chi connectivity index (χ2n) is 8.62. The number of rotatable bonds is 4. The van der Waals surface area contributed by atoms with Gasteiger partial charge in [0.1, 0.15) is 11.6 Å². The van der Waals surface area contributed by atoms with Crippen molar-refractivity contribution in [2.75, 3.05) is 11.9 Å². The van der Waals surface area contributed by atoms with Gasteiger partial charge in [-0.05, 0) is 55.5 Å². The summed E-state index contributed by atoms with van der Waals surface area (Å²) in [5, 5.41) is 3.21. The molecule has 0 spiro atoms. The van der Waals surface area contributed by atoms with Crippen molar-refractivity contribution in [3.05, 3.63) is 71.9 Å². The van der Waals surface area contributed by atoms with Gasteiger partial charge in [-0.15, -0.1) is 0 Å². The molecule has 3 aliphatic rings. The van der Waals surface area contributed by atoms with E-state index in [-0.39, 0.29) is 40.9 Å². The number of aromatic nitrogens is 3. The van der Waals surface area contributed by atoms with Crippen molar-refractivity contribution in [3.8, 4) is 11.4 Å². The molecule has 1 aromatic carbocycles. The number of nitrogens with zero attached hydrogens (tertiary/aromatic N) is 4. The molecule has 176 valence electrons. The van der Waals surface area contributed by atoms with E-state index in [4.69, 9.17) is 0 Å². The van der Waals surface area contributed by atoms with Gasteiger partial charge in [-0.25, -0.2) is 19.3 Å². The molecule has 4 heterocycles. The largest absolute Gasteiger partial charge is 0.417 e. The van der Waals surface area contributed by atoms with Gasteiger partial charge in [0.05, 0.1) is 22.7 Å². The third kappa shape index (κ3) is 4.20. The lowest BCUT2D eigenvalue weighted by Gasteiger charge is -2.50. The van der Waals surface area contributed by atoms with Crippen LogP contribution in [-0.4, -0.2) is 44.4 Å². The zero-order valence-electron chi connectivity index (χ0n) is 18.0. The smallest absolute Gasteiger partial charge is 0.365 e. The molecule has 2 aliphatic heterocycles. The van der Waals surface area contributed by atoms with Gasteiger partial charge in [-0.3, -0.25) is 4.79 Å². The molecular weight excluding hydrogens is 450 g/mol. The fourth-order valence-corrected chi connectivity index (χ4v) is 4.93. The number of alkyl halides is 3. The van der Waals surface area contributed by atoms with Crippen molar-refractivity contribution in [2.45, 2.75) is 37.5 Å². The van der Waals surface area contributed by atoms with Crippen LogP contribution in [0.15, 0.2) is 55.0 Å². The molecule has 3 aromatic rings. The third-order valence-corrected chi connectivity index (χ3v) is 6.50. The van der Waals surface area contributed by atoms with Gasteiger partial charge >= 0.3 is 6.18 Å². The Morgan fingerprint density at radius 3 is 2.50 bits per heavy atom. The Labute approximate surface area is 193 Å². The molecule has 3 atom stereocenters. The number of anilines is 1. The first kappa shape index (κ1) is 22.2. The minimum absolute atomic E-state index is 0.0588. The van der Waals surface area contributed by atoms with Crippen LogP contribution in [0, 0.1) is 11.7 Å². The van der Waals surface area contributed by atoms with E-state index >= 15 is 0 Å². The van der Waals surface area contributed by atoms with Crippen LogP contribution in [0.5, 0.6) is 0 Å². The summed E-state index contributed by atoms with van der Waals surface area (Å²) < 4.78 is 53.3.